The summed E-state index contributed by atoms with van der Waals surface area (Å²) in [5.41, 5.74) is 3.84. The number of hydrogen-bond acceptors (Lipinski definition) is 0. The normalized spacial score (nSPS) is 11.3. The van der Waals surface area contributed by atoms with Crippen LogP contribution in [0.25, 0.3) is 12.2 Å². The smallest absolute Gasteiger partial charge is 0.0175 e. The van der Waals surface area contributed by atoms with Crippen LogP contribution in [0.2, 0.25) is 0 Å². The van der Waals surface area contributed by atoms with Crippen molar-refractivity contribution in [2.45, 2.75) is 19.8 Å². The standard InChI is InChI=1S/C17H17Br/c1-13(2)16-9-5-14(6-10-16)3-4-15-7-11-17(18)12-8-15/h3-13H,1-2H3. The second-order valence-corrected chi connectivity index (χ2v) is 5.62. The van der Waals surface area contributed by atoms with E-state index in [-0.39, 0.29) is 0 Å². The Hall–Kier alpha value is -1.34. The van der Waals surface area contributed by atoms with Crippen molar-refractivity contribution in [1.29, 1.82) is 0 Å². The third-order valence-electron chi connectivity index (χ3n) is 2.94. The molecule has 0 saturated carbocycles. The first kappa shape index (κ1) is 13.1. The maximum atomic E-state index is 3.44. The largest absolute Gasteiger partial charge is 0.0587 e. The summed E-state index contributed by atoms with van der Waals surface area (Å²) >= 11 is 3.44. The van der Waals surface area contributed by atoms with E-state index in [9.17, 15) is 0 Å². The fraction of sp³-hybridized carbons (Fsp3) is 0.176. The van der Waals surface area contributed by atoms with Gasteiger partial charge in [-0.1, -0.05) is 78.3 Å². The van der Waals surface area contributed by atoms with E-state index in [0.717, 1.165) is 4.47 Å². The van der Waals surface area contributed by atoms with Crippen LogP contribution in [0, 0.1) is 0 Å². The van der Waals surface area contributed by atoms with Crippen molar-refractivity contribution in [1.82, 2.24) is 0 Å². The molecular weight excluding hydrogens is 284 g/mol. The van der Waals surface area contributed by atoms with Gasteiger partial charge in [0.15, 0.2) is 0 Å². The molecule has 0 nitrogen and oxygen atoms in total. The average molecular weight is 301 g/mol. The Labute approximate surface area is 117 Å². The molecule has 0 spiro atoms. The van der Waals surface area contributed by atoms with Crippen LogP contribution in [-0.4, -0.2) is 0 Å². The van der Waals surface area contributed by atoms with E-state index in [0.29, 0.717) is 5.92 Å². The lowest BCUT2D eigenvalue weighted by molar-refractivity contribution is 0.866. The predicted octanol–water partition coefficient (Wildman–Crippen LogP) is 5.74. The molecule has 0 heterocycles. The van der Waals surface area contributed by atoms with Crippen molar-refractivity contribution < 1.29 is 0 Å². The Kier molecular flexibility index (Phi) is 4.38. The van der Waals surface area contributed by atoms with Crippen LogP contribution in [0.3, 0.4) is 0 Å². The molecule has 0 aliphatic carbocycles. The lowest BCUT2D eigenvalue weighted by Crippen LogP contribution is -1.85. The van der Waals surface area contributed by atoms with Gasteiger partial charge in [-0.05, 0) is 34.7 Å². The summed E-state index contributed by atoms with van der Waals surface area (Å²) in [6.07, 6.45) is 4.28. The predicted molar refractivity (Wildman–Crippen MR) is 83.6 cm³/mol. The maximum absolute atomic E-state index is 3.44. The Morgan fingerprint density at radius 3 is 1.67 bits per heavy atom. The molecule has 0 amide bonds. The van der Waals surface area contributed by atoms with Crippen molar-refractivity contribution in [2.24, 2.45) is 0 Å². The first-order chi connectivity index (χ1) is 8.65. The third-order valence-corrected chi connectivity index (χ3v) is 3.47. The van der Waals surface area contributed by atoms with E-state index in [4.69, 9.17) is 0 Å². The van der Waals surface area contributed by atoms with Crippen LogP contribution in [0.15, 0.2) is 53.0 Å². The highest BCUT2D eigenvalue weighted by atomic mass is 79.9. The zero-order valence-corrected chi connectivity index (χ0v) is 12.3. The zero-order chi connectivity index (χ0) is 13.0. The summed E-state index contributed by atoms with van der Waals surface area (Å²) in [7, 11) is 0. The fourth-order valence-electron chi connectivity index (χ4n) is 1.76. The molecule has 0 radical (unpaired) electrons. The first-order valence-electron chi connectivity index (χ1n) is 6.19. The minimum atomic E-state index is 0.592. The van der Waals surface area contributed by atoms with Crippen molar-refractivity contribution >= 4 is 28.1 Å². The second-order valence-electron chi connectivity index (χ2n) is 4.71. The Morgan fingerprint density at radius 2 is 1.22 bits per heavy atom. The zero-order valence-electron chi connectivity index (χ0n) is 10.7. The van der Waals surface area contributed by atoms with Gasteiger partial charge in [0, 0.05) is 4.47 Å². The van der Waals surface area contributed by atoms with Gasteiger partial charge in [-0.15, -0.1) is 0 Å². The Balaban J connectivity index is 2.11. The summed E-state index contributed by atoms with van der Waals surface area (Å²) in [6, 6.07) is 17.1. The van der Waals surface area contributed by atoms with Gasteiger partial charge in [-0.3, -0.25) is 0 Å². The third kappa shape index (κ3) is 3.58. The number of halogens is 1. The summed E-state index contributed by atoms with van der Waals surface area (Å²) in [4.78, 5) is 0. The van der Waals surface area contributed by atoms with E-state index >= 15 is 0 Å². The van der Waals surface area contributed by atoms with Gasteiger partial charge in [0.25, 0.3) is 0 Å². The first-order valence-corrected chi connectivity index (χ1v) is 6.98. The molecule has 0 aromatic heterocycles. The lowest BCUT2D eigenvalue weighted by Gasteiger charge is -2.04. The van der Waals surface area contributed by atoms with E-state index in [1.165, 1.54) is 16.7 Å². The molecule has 18 heavy (non-hydrogen) atoms. The second kappa shape index (κ2) is 6.01. The SMILES string of the molecule is CC(C)c1ccc(C=Cc2ccc(Br)cc2)cc1. The van der Waals surface area contributed by atoms with Crippen LogP contribution in [-0.2, 0) is 0 Å². The molecule has 0 unspecified atom stereocenters. The number of hydrogen-bond donors (Lipinski definition) is 0. The van der Waals surface area contributed by atoms with E-state index in [1.54, 1.807) is 0 Å². The fourth-order valence-corrected chi connectivity index (χ4v) is 2.02. The van der Waals surface area contributed by atoms with Gasteiger partial charge in [-0.25, -0.2) is 0 Å². The molecule has 0 fully saturated rings. The van der Waals surface area contributed by atoms with Crippen LogP contribution in [0.5, 0.6) is 0 Å². The summed E-state index contributed by atoms with van der Waals surface area (Å²) < 4.78 is 1.11. The highest BCUT2D eigenvalue weighted by Gasteiger charge is 1.97. The van der Waals surface area contributed by atoms with E-state index < -0.39 is 0 Å². The van der Waals surface area contributed by atoms with Crippen molar-refractivity contribution in [3.05, 3.63) is 69.7 Å². The van der Waals surface area contributed by atoms with E-state index in [1.807, 2.05) is 0 Å². The van der Waals surface area contributed by atoms with Crippen molar-refractivity contribution in [3.63, 3.8) is 0 Å². The van der Waals surface area contributed by atoms with Crippen LogP contribution in [0.1, 0.15) is 36.5 Å². The molecular formula is C17H17Br. The van der Waals surface area contributed by atoms with Gasteiger partial charge in [0.05, 0.1) is 0 Å². The summed E-state index contributed by atoms with van der Waals surface area (Å²) in [5.74, 6) is 0.592. The monoisotopic (exact) mass is 300 g/mol. The topological polar surface area (TPSA) is 0 Å². The highest BCUT2D eigenvalue weighted by molar-refractivity contribution is 9.10. The molecule has 2 aromatic carbocycles. The summed E-state index contributed by atoms with van der Waals surface area (Å²) in [5, 5.41) is 0. The molecule has 0 atom stereocenters. The minimum absolute atomic E-state index is 0.592. The van der Waals surface area contributed by atoms with Gasteiger partial charge >= 0.3 is 0 Å². The van der Waals surface area contributed by atoms with Gasteiger partial charge in [0.2, 0.25) is 0 Å². The van der Waals surface area contributed by atoms with Gasteiger partial charge < -0.3 is 0 Å². The average Bonchev–Trinajstić information content (AvgIpc) is 2.38. The van der Waals surface area contributed by atoms with Crippen LogP contribution < -0.4 is 0 Å². The van der Waals surface area contributed by atoms with Gasteiger partial charge in [-0.2, -0.15) is 0 Å². The summed E-state index contributed by atoms with van der Waals surface area (Å²) in [6.45, 7) is 4.43. The number of rotatable bonds is 3. The molecule has 2 aromatic rings. The molecule has 1 heteroatoms. The molecule has 0 N–H and O–H groups in total. The van der Waals surface area contributed by atoms with Crippen LogP contribution >= 0.6 is 15.9 Å². The van der Waals surface area contributed by atoms with Crippen molar-refractivity contribution in [3.8, 4) is 0 Å². The van der Waals surface area contributed by atoms with Gasteiger partial charge in [0.1, 0.15) is 0 Å². The van der Waals surface area contributed by atoms with Crippen LogP contribution in [0.4, 0.5) is 0 Å². The molecule has 0 aliphatic rings. The Bertz CT molecular complexity index is 519. The maximum Gasteiger partial charge on any atom is 0.0175 e. The molecule has 0 aliphatic heterocycles. The molecule has 0 bridgehead atoms. The highest BCUT2D eigenvalue weighted by Crippen LogP contribution is 2.17. The quantitative estimate of drug-likeness (QED) is 0.634. The molecule has 2 rings (SSSR count). The number of benzene rings is 2. The van der Waals surface area contributed by atoms with Crippen molar-refractivity contribution in [2.75, 3.05) is 0 Å². The molecule has 0 saturated heterocycles. The lowest BCUT2D eigenvalue weighted by atomic mass is 10.0. The minimum Gasteiger partial charge on any atom is -0.0587 e. The van der Waals surface area contributed by atoms with E-state index in [2.05, 4.69) is 90.5 Å². The molecule has 92 valence electrons. The Morgan fingerprint density at radius 1 is 0.778 bits per heavy atom.